The largest absolute Gasteiger partial charge is 0.368 e. The average molecular weight is 234 g/mol. The first-order valence-corrected chi connectivity index (χ1v) is 6.52. The number of hydrogen-bond donors (Lipinski definition) is 1. The summed E-state index contributed by atoms with van der Waals surface area (Å²) in [6.45, 7) is 12.9. The van der Waals surface area contributed by atoms with Crippen LogP contribution >= 0.6 is 0 Å². The lowest BCUT2D eigenvalue weighted by Crippen LogP contribution is -2.35. The van der Waals surface area contributed by atoms with E-state index in [1.807, 2.05) is 0 Å². The van der Waals surface area contributed by atoms with Crippen LogP contribution in [0.4, 0.5) is 5.69 Å². The molecule has 0 aromatic heterocycles. The molecule has 1 rings (SSSR count). The quantitative estimate of drug-likeness (QED) is 0.846. The highest BCUT2D eigenvalue weighted by molar-refractivity contribution is 5.60. The first kappa shape index (κ1) is 14.0. The lowest BCUT2D eigenvalue weighted by molar-refractivity contribution is 0.568. The number of benzene rings is 1. The van der Waals surface area contributed by atoms with Gasteiger partial charge in [0.2, 0.25) is 0 Å². The number of nitrogens with two attached hydrogens (primary N) is 1. The fourth-order valence-corrected chi connectivity index (χ4v) is 2.25. The Balaban J connectivity index is 3.17. The zero-order chi connectivity index (χ0) is 13.0. The van der Waals surface area contributed by atoms with Gasteiger partial charge in [0.1, 0.15) is 0 Å². The number of nitrogens with zero attached hydrogens (tertiary/aromatic N) is 1. The number of rotatable bonds is 5. The molecule has 1 aromatic carbocycles. The van der Waals surface area contributed by atoms with Crippen LogP contribution in [0, 0.1) is 12.8 Å². The van der Waals surface area contributed by atoms with E-state index in [9.17, 15) is 0 Å². The minimum absolute atomic E-state index is 0.504. The molecule has 0 saturated carbocycles. The summed E-state index contributed by atoms with van der Waals surface area (Å²) in [5.41, 5.74) is 9.76. The van der Waals surface area contributed by atoms with Crippen molar-refractivity contribution in [2.45, 2.75) is 47.2 Å². The van der Waals surface area contributed by atoms with Crippen molar-refractivity contribution in [2.75, 3.05) is 11.4 Å². The molecular formula is C15H26N2. The van der Waals surface area contributed by atoms with Crippen molar-refractivity contribution >= 4 is 5.69 Å². The van der Waals surface area contributed by atoms with Crippen molar-refractivity contribution in [1.29, 1.82) is 0 Å². The molecular weight excluding hydrogens is 208 g/mol. The highest BCUT2D eigenvalue weighted by Gasteiger charge is 2.16. The van der Waals surface area contributed by atoms with Gasteiger partial charge in [0.05, 0.1) is 0 Å². The van der Waals surface area contributed by atoms with Crippen LogP contribution in [0.1, 0.15) is 38.8 Å². The molecule has 0 heterocycles. The maximum absolute atomic E-state index is 5.86. The Morgan fingerprint density at radius 2 is 1.82 bits per heavy atom. The Labute approximate surface area is 106 Å². The van der Waals surface area contributed by atoms with Crippen LogP contribution in [0.5, 0.6) is 0 Å². The summed E-state index contributed by atoms with van der Waals surface area (Å²) < 4.78 is 0. The molecule has 2 N–H and O–H groups in total. The topological polar surface area (TPSA) is 29.3 Å². The van der Waals surface area contributed by atoms with Gasteiger partial charge in [0.15, 0.2) is 0 Å². The molecule has 96 valence electrons. The molecule has 2 nitrogen and oxygen atoms in total. The van der Waals surface area contributed by atoms with Crippen LogP contribution in [-0.2, 0) is 6.54 Å². The molecule has 2 heteroatoms. The summed E-state index contributed by atoms with van der Waals surface area (Å²) in [7, 11) is 0. The van der Waals surface area contributed by atoms with Crippen molar-refractivity contribution in [3.05, 3.63) is 29.3 Å². The molecule has 17 heavy (non-hydrogen) atoms. The van der Waals surface area contributed by atoms with E-state index in [2.05, 4.69) is 57.7 Å². The van der Waals surface area contributed by atoms with Gasteiger partial charge in [-0.3, -0.25) is 0 Å². The van der Waals surface area contributed by atoms with E-state index in [4.69, 9.17) is 5.73 Å². The summed E-state index contributed by atoms with van der Waals surface area (Å²) in [6, 6.07) is 6.90. The molecule has 0 atom stereocenters. The predicted molar refractivity (Wildman–Crippen MR) is 76.4 cm³/mol. The van der Waals surface area contributed by atoms with Gasteiger partial charge in [0, 0.05) is 24.8 Å². The van der Waals surface area contributed by atoms with Crippen LogP contribution < -0.4 is 10.6 Å². The Kier molecular flexibility index (Phi) is 5.01. The lowest BCUT2D eigenvalue weighted by atomic mass is 10.0. The monoisotopic (exact) mass is 234 g/mol. The normalized spacial score (nSPS) is 11.3. The van der Waals surface area contributed by atoms with E-state index in [0.717, 1.165) is 6.54 Å². The lowest BCUT2D eigenvalue weighted by Gasteiger charge is -2.33. The van der Waals surface area contributed by atoms with Crippen LogP contribution in [0.15, 0.2) is 18.2 Å². The van der Waals surface area contributed by atoms with Crippen molar-refractivity contribution in [1.82, 2.24) is 0 Å². The maximum Gasteiger partial charge on any atom is 0.0443 e. The van der Waals surface area contributed by atoms with E-state index in [1.165, 1.54) is 16.8 Å². The summed E-state index contributed by atoms with van der Waals surface area (Å²) in [5.74, 6) is 0.655. The molecule has 0 amide bonds. The summed E-state index contributed by atoms with van der Waals surface area (Å²) in [4.78, 5) is 2.47. The van der Waals surface area contributed by atoms with Crippen molar-refractivity contribution in [2.24, 2.45) is 11.7 Å². The SMILES string of the molecule is Cc1cccc(CN)c1N(CC(C)C)C(C)C. The molecule has 0 fully saturated rings. The summed E-state index contributed by atoms with van der Waals surface area (Å²) in [6.07, 6.45) is 0. The maximum atomic E-state index is 5.86. The van der Waals surface area contributed by atoms with Crippen molar-refractivity contribution in [3.8, 4) is 0 Å². The highest BCUT2D eigenvalue weighted by Crippen LogP contribution is 2.27. The van der Waals surface area contributed by atoms with Gasteiger partial charge in [-0.15, -0.1) is 0 Å². The van der Waals surface area contributed by atoms with E-state index in [1.54, 1.807) is 0 Å². The second-order valence-electron chi connectivity index (χ2n) is 5.43. The number of para-hydroxylation sites is 1. The van der Waals surface area contributed by atoms with Gasteiger partial charge in [-0.05, 0) is 37.8 Å². The van der Waals surface area contributed by atoms with Gasteiger partial charge in [-0.1, -0.05) is 32.0 Å². The Bertz CT molecular complexity index is 356. The summed E-state index contributed by atoms with van der Waals surface area (Å²) in [5, 5.41) is 0. The molecule has 0 unspecified atom stereocenters. The van der Waals surface area contributed by atoms with E-state index in [-0.39, 0.29) is 0 Å². The van der Waals surface area contributed by atoms with Gasteiger partial charge < -0.3 is 10.6 Å². The van der Waals surface area contributed by atoms with Gasteiger partial charge in [-0.2, -0.15) is 0 Å². The molecule has 0 bridgehead atoms. The predicted octanol–water partition coefficient (Wildman–Crippen LogP) is 3.32. The van der Waals surface area contributed by atoms with Crippen LogP contribution in [0.3, 0.4) is 0 Å². The first-order valence-electron chi connectivity index (χ1n) is 6.52. The zero-order valence-corrected chi connectivity index (χ0v) is 11.8. The van der Waals surface area contributed by atoms with E-state index >= 15 is 0 Å². The highest BCUT2D eigenvalue weighted by atomic mass is 15.2. The Morgan fingerprint density at radius 1 is 1.18 bits per heavy atom. The number of aryl methyl sites for hydroxylation is 1. The van der Waals surface area contributed by atoms with Gasteiger partial charge in [0.25, 0.3) is 0 Å². The molecule has 0 spiro atoms. The minimum atomic E-state index is 0.504. The molecule has 0 radical (unpaired) electrons. The van der Waals surface area contributed by atoms with Crippen molar-refractivity contribution < 1.29 is 0 Å². The third-order valence-electron chi connectivity index (χ3n) is 3.01. The van der Waals surface area contributed by atoms with Crippen molar-refractivity contribution in [3.63, 3.8) is 0 Å². The van der Waals surface area contributed by atoms with E-state index in [0.29, 0.717) is 18.5 Å². The number of anilines is 1. The third kappa shape index (κ3) is 3.47. The second-order valence-corrected chi connectivity index (χ2v) is 5.43. The molecule has 0 aliphatic heterocycles. The van der Waals surface area contributed by atoms with Crippen LogP contribution in [0.25, 0.3) is 0 Å². The molecule has 0 aliphatic rings. The van der Waals surface area contributed by atoms with Gasteiger partial charge in [-0.25, -0.2) is 0 Å². The molecule has 0 aliphatic carbocycles. The molecule has 1 aromatic rings. The fourth-order valence-electron chi connectivity index (χ4n) is 2.25. The smallest absolute Gasteiger partial charge is 0.0443 e. The summed E-state index contributed by atoms with van der Waals surface area (Å²) >= 11 is 0. The van der Waals surface area contributed by atoms with Crippen LogP contribution in [-0.4, -0.2) is 12.6 Å². The standard InChI is InChI=1S/C15H26N2/c1-11(2)10-17(12(3)4)15-13(5)7-6-8-14(15)9-16/h6-8,11-12H,9-10,16H2,1-5H3. The van der Waals surface area contributed by atoms with Gasteiger partial charge >= 0.3 is 0 Å². The zero-order valence-electron chi connectivity index (χ0n) is 11.8. The Hall–Kier alpha value is -1.02. The second kappa shape index (κ2) is 6.06. The first-order chi connectivity index (χ1) is 7.97. The molecule has 0 saturated heterocycles. The average Bonchev–Trinajstić information content (AvgIpc) is 2.25. The van der Waals surface area contributed by atoms with E-state index < -0.39 is 0 Å². The fraction of sp³-hybridized carbons (Fsp3) is 0.600. The third-order valence-corrected chi connectivity index (χ3v) is 3.01. The Morgan fingerprint density at radius 3 is 2.29 bits per heavy atom. The number of hydrogen-bond acceptors (Lipinski definition) is 2. The minimum Gasteiger partial charge on any atom is -0.368 e. The van der Waals surface area contributed by atoms with Crippen LogP contribution in [0.2, 0.25) is 0 Å².